The topological polar surface area (TPSA) is 81.7 Å². The van der Waals surface area contributed by atoms with Gasteiger partial charge in [-0.15, -0.1) is 0 Å². The third-order valence-corrected chi connectivity index (χ3v) is 4.15. The molecule has 0 saturated heterocycles. The van der Waals surface area contributed by atoms with E-state index in [1.807, 2.05) is 31.2 Å². The predicted molar refractivity (Wildman–Crippen MR) is 105 cm³/mol. The summed E-state index contributed by atoms with van der Waals surface area (Å²) in [7, 11) is 0. The highest BCUT2D eigenvalue weighted by Gasteiger charge is 2.20. The number of aryl methyl sites for hydroxylation is 1. The second-order valence-electron chi connectivity index (χ2n) is 6.27. The number of carbonyl (C=O) groups is 1. The van der Waals surface area contributed by atoms with Crippen molar-refractivity contribution < 1.29 is 18.4 Å². The maximum Gasteiger partial charge on any atom is 0.262 e. The normalized spacial score (nSPS) is 10.8. The molecule has 4 rings (SSSR count). The van der Waals surface area contributed by atoms with Gasteiger partial charge in [-0.05, 0) is 43.3 Å². The van der Waals surface area contributed by atoms with E-state index in [9.17, 15) is 9.59 Å². The molecule has 0 fully saturated rings. The summed E-state index contributed by atoms with van der Waals surface area (Å²) in [5.41, 5.74) is 1.62. The minimum absolute atomic E-state index is 0.0590. The van der Waals surface area contributed by atoms with Crippen LogP contribution < -0.4 is 15.5 Å². The van der Waals surface area contributed by atoms with Crippen LogP contribution in [-0.2, 0) is 4.79 Å². The number of carbonyl (C=O) groups excluding carboxylic acids is 1. The second kappa shape index (κ2) is 7.44. The van der Waals surface area contributed by atoms with Crippen molar-refractivity contribution >= 4 is 22.6 Å². The van der Waals surface area contributed by atoms with E-state index in [-0.39, 0.29) is 29.5 Å². The molecule has 2 aromatic heterocycles. The van der Waals surface area contributed by atoms with E-state index in [4.69, 9.17) is 13.6 Å². The molecule has 0 saturated carbocycles. The van der Waals surface area contributed by atoms with Crippen LogP contribution in [0.1, 0.15) is 5.56 Å². The van der Waals surface area contributed by atoms with Crippen LogP contribution in [0, 0.1) is 6.92 Å². The minimum atomic E-state index is -0.389. The first-order chi connectivity index (χ1) is 13.6. The third-order valence-electron chi connectivity index (χ3n) is 4.15. The summed E-state index contributed by atoms with van der Waals surface area (Å²) in [4.78, 5) is 25.2. The number of furan rings is 1. The highest BCUT2D eigenvalue weighted by atomic mass is 16.5. The average Bonchev–Trinajstić information content (AvgIpc) is 3.23. The van der Waals surface area contributed by atoms with Gasteiger partial charge in [0.15, 0.2) is 12.4 Å². The van der Waals surface area contributed by atoms with Crippen molar-refractivity contribution in [3.8, 4) is 17.3 Å². The molecule has 28 heavy (non-hydrogen) atoms. The zero-order valence-electron chi connectivity index (χ0n) is 15.1. The average molecular weight is 375 g/mol. The lowest BCUT2D eigenvalue weighted by molar-refractivity contribution is -0.118. The lowest BCUT2D eigenvalue weighted by Gasteiger charge is -2.11. The number of benzene rings is 2. The van der Waals surface area contributed by atoms with Crippen molar-refractivity contribution in [2.75, 3.05) is 11.9 Å². The van der Waals surface area contributed by atoms with Crippen LogP contribution in [0.4, 0.5) is 5.69 Å². The Labute approximate surface area is 160 Å². The van der Waals surface area contributed by atoms with Crippen LogP contribution in [0.3, 0.4) is 0 Å². The van der Waals surface area contributed by atoms with Crippen LogP contribution in [-0.4, -0.2) is 12.5 Å². The largest absolute Gasteiger partial charge is 0.476 e. The zero-order valence-corrected chi connectivity index (χ0v) is 15.1. The molecule has 0 unspecified atom stereocenters. The van der Waals surface area contributed by atoms with Crippen molar-refractivity contribution in [1.82, 2.24) is 0 Å². The quantitative estimate of drug-likeness (QED) is 0.560. The summed E-state index contributed by atoms with van der Waals surface area (Å²) < 4.78 is 16.8. The van der Waals surface area contributed by atoms with Gasteiger partial charge in [-0.1, -0.05) is 29.8 Å². The molecule has 0 aliphatic heterocycles. The van der Waals surface area contributed by atoms with Gasteiger partial charge in [0, 0.05) is 5.69 Å². The molecular formula is C22H17NO5. The summed E-state index contributed by atoms with van der Waals surface area (Å²) in [6.07, 6.45) is 1.47. The van der Waals surface area contributed by atoms with Crippen LogP contribution in [0.5, 0.6) is 5.75 Å². The summed E-state index contributed by atoms with van der Waals surface area (Å²) in [5.74, 6) is 0.0495. The zero-order chi connectivity index (χ0) is 19.5. The van der Waals surface area contributed by atoms with Gasteiger partial charge in [-0.25, -0.2) is 0 Å². The van der Waals surface area contributed by atoms with Gasteiger partial charge in [0.2, 0.25) is 16.9 Å². The lowest BCUT2D eigenvalue weighted by Crippen LogP contribution is -2.22. The first-order valence-corrected chi connectivity index (χ1v) is 8.71. The number of rotatable bonds is 5. The van der Waals surface area contributed by atoms with Gasteiger partial charge in [-0.2, -0.15) is 0 Å². The van der Waals surface area contributed by atoms with E-state index >= 15 is 0 Å². The standard InChI is InChI=1S/C22H17NO5/c1-14-9-10-17-16(12-14)20(25)22(21(28-17)18-8-5-11-26-18)27-13-19(24)23-15-6-3-2-4-7-15/h2-12H,13H2,1H3,(H,23,24). The molecule has 0 atom stereocenters. The summed E-state index contributed by atoms with van der Waals surface area (Å²) in [5, 5.41) is 3.10. The van der Waals surface area contributed by atoms with Gasteiger partial charge in [0.05, 0.1) is 11.6 Å². The Kier molecular flexibility index (Phi) is 4.68. The molecular weight excluding hydrogens is 358 g/mol. The van der Waals surface area contributed by atoms with Crippen molar-refractivity contribution in [3.05, 3.63) is 82.7 Å². The van der Waals surface area contributed by atoms with Crippen molar-refractivity contribution in [3.63, 3.8) is 0 Å². The molecule has 0 radical (unpaired) electrons. The molecule has 2 heterocycles. The predicted octanol–water partition coefficient (Wildman–Crippen LogP) is 4.38. The summed E-state index contributed by atoms with van der Waals surface area (Å²) in [6, 6.07) is 17.6. The van der Waals surface area contributed by atoms with E-state index in [1.165, 1.54) is 6.26 Å². The number of amides is 1. The van der Waals surface area contributed by atoms with E-state index in [2.05, 4.69) is 5.32 Å². The highest BCUT2D eigenvalue weighted by molar-refractivity contribution is 5.92. The second-order valence-corrected chi connectivity index (χ2v) is 6.27. The maximum absolute atomic E-state index is 13.0. The summed E-state index contributed by atoms with van der Waals surface area (Å²) in [6.45, 7) is 1.54. The van der Waals surface area contributed by atoms with Gasteiger partial charge in [0.25, 0.3) is 5.91 Å². The Morgan fingerprint density at radius 3 is 2.64 bits per heavy atom. The fourth-order valence-corrected chi connectivity index (χ4v) is 2.85. The number of fused-ring (bicyclic) bond motifs is 1. The number of nitrogens with one attached hydrogen (secondary N) is 1. The molecule has 1 amide bonds. The molecule has 140 valence electrons. The monoisotopic (exact) mass is 375 g/mol. The SMILES string of the molecule is Cc1ccc2oc(-c3ccco3)c(OCC(=O)Nc3ccccc3)c(=O)c2c1. The summed E-state index contributed by atoms with van der Waals surface area (Å²) >= 11 is 0. The molecule has 0 bridgehead atoms. The Bertz CT molecular complexity index is 1180. The molecule has 1 N–H and O–H groups in total. The Morgan fingerprint density at radius 2 is 1.89 bits per heavy atom. The molecule has 6 nitrogen and oxygen atoms in total. The molecule has 2 aromatic carbocycles. The molecule has 4 aromatic rings. The Morgan fingerprint density at radius 1 is 1.07 bits per heavy atom. The van der Waals surface area contributed by atoms with Crippen LogP contribution in [0.25, 0.3) is 22.5 Å². The first-order valence-electron chi connectivity index (χ1n) is 8.71. The van der Waals surface area contributed by atoms with Crippen molar-refractivity contribution in [2.24, 2.45) is 0 Å². The first kappa shape index (κ1) is 17.6. The molecule has 0 aliphatic rings. The number of ether oxygens (including phenoxy) is 1. The van der Waals surface area contributed by atoms with Crippen LogP contribution >= 0.6 is 0 Å². The van der Waals surface area contributed by atoms with Gasteiger partial charge in [-0.3, -0.25) is 9.59 Å². The van der Waals surface area contributed by atoms with Gasteiger partial charge in [0.1, 0.15) is 5.58 Å². The van der Waals surface area contributed by atoms with Crippen LogP contribution in [0.15, 0.2) is 80.6 Å². The minimum Gasteiger partial charge on any atom is -0.476 e. The fraction of sp³-hybridized carbons (Fsp3) is 0.0909. The molecule has 0 aliphatic carbocycles. The van der Waals surface area contributed by atoms with E-state index in [0.29, 0.717) is 22.4 Å². The van der Waals surface area contributed by atoms with E-state index < -0.39 is 0 Å². The number of para-hydroxylation sites is 1. The lowest BCUT2D eigenvalue weighted by atomic mass is 10.1. The van der Waals surface area contributed by atoms with Gasteiger partial charge >= 0.3 is 0 Å². The van der Waals surface area contributed by atoms with Crippen molar-refractivity contribution in [1.29, 1.82) is 0 Å². The van der Waals surface area contributed by atoms with E-state index in [0.717, 1.165) is 5.56 Å². The molecule has 6 heteroatoms. The maximum atomic E-state index is 13.0. The number of anilines is 1. The van der Waals surface area contributed by atoms with Crippen molar-refractivity contribution in [2.45, 2.75) is 6.92 Å². The smallest absolute Gasteiger partial charge is 0.262 e. The molecule has 0 spiro atoms. The fourth-order valence-electron chi connectivity index (χ4n) is 2.85. The van der Waals surface area contributed by atoms with E-state index in [1.54, 1.807) is 36.4 Å². The third kappa shape index (κ3) is 3.53. The van der Waals surface area contributed by atoms with Gasteiger partial charge < -0.3 is 18.9 Å². The Balaban J connectivity index is 1.68. The number of hydrogen-bond donors (Lipinski definition) is 1. The highest BCUT2D eigenvalue weighted by Crippen LogP contribution is 2.31. The number of hydrogen-bond acceptors (Lipinski definition) is 5. The van der Waals surface area contributed by atoms with Crippen LogP contribution in [0.2, 0.25) is 0 Å². The Hall–Kier alpha value is -3.80.